The average Bonchev–Trinajstić information content (AvgIpc) is 4.07. The lowest BCUT2D eigenvalue weighted by molar-refractivity contribution is 0.350. The van der Waals surface area contributed by atoms with E-state index in [0.29, 0.717) is 11.8 Å². The molecule has 0 heterocycles. The molecule has 0 amide bonds. The van der Waals surface area contributed by atoms with Crippen molar-refractivity contribution in [2.75, 3.05) is 9.80 Å². The fraction of sp³-hybridized carbons (Fsp3) is 0.156. The number of fused-ring (bicyclic) bond motifs is 5. The van der Waals surface area contributed by atoms with Crippen molar-refractivity contribution in [1.82, 2.24) is 0 Å². The Balaban J connectivity index is 1.07. The van der Waals surface area contributed by atoms with Crippen LogP contribution in [0.3, 0.4) is 0 Å². The minimum Gasteiger partial charge on any atom is -0.310 e. The summed E-state index contributed by atoms with van der Waals surface area (Å²) in [6.45, 7) is 4.80. The van der Waals surface area contributed by atoms with E-state index in [0.717, 1.165) is 12.8 Å². The van der Waals surface area contributed by atoms with E-state index in [-0.39, 0.29) is 10.8 Å². The van der Waals surface area contributed by atoms with Crippen LogP contribution in [-0.2, 0) is 23.7 Å². The maximum absolute atomic E-state index is 2.64. The number of hydrogen-bond acceptors (Lipinski definition) is 2. The molecule has 13 rings (SSSR count). The van der Waals surface area contributed by atoms with Crippen LogP contribution in [0.5, 0.6) is 0 Å². The van der Waals surface area contributed by atoms with Crippen molar-refractivity contribution in [1.29, 1.82) is 0 Å². The van der Waals surface area contributed by atoms with Crippen LogP contribution in [0.15, 0.2) is 218 Å². The molecule has 0 radical (unpaired) electrons. The van der Waals surface area contributed by atoms with E-state index < -0.39 is 0 Å². The second-order valence-electron chi connectivity index (χ2n) is 19.5. The highest BCUT2D eigenvalue weighted by atomic mass is 15.2. The topological polar surface area (TPSA) is 6.48 Å². The summed E-state index contributed by atoms with van der Waals surface area (Å²) < 4.78 is 0. The number of nitrogens with zero attached hydrogens (tertiary/aromatic N) is 2. The first-order valence-electron chi connectivity index (χ1n) is 23.9. The Labute approximate surface area is 389 Å². The van der Waals surface area contributed by atoms with Gasteiger partial charge in [0.1, 0.15) is 0 Å². The molecule has 4 aliphatic rings. The first-order valence-corrected chi connectivity index (χ1v) is 23.9. The van der Waals surface area contributed by atoms with Gasteiger partial charge in [-0.2, -0.15) is 0 Å². The summed E-state index contributed by atoms with van der Waals surface area (Å²) in [7, 11) is 0. The Morgan fingerprint density at radius 1 is 0.379 bits per heavy atom. The first kappa shape index (κ1) is 39.0. The van der Waals surface area contributed by atoms with Crippen LogP contribution in [0.4, 0.5) is 34.1 Å². The summed E-state index contributed by atoms with van der Waals surface area (Å²) in [5, 5.41) is 0. The highest BCUT2D eigenvalue weighted by molar-refractivity contribution is 5.99. The van der Waals surface area contributed by atoms with Crippen molar-refractivity contribution in [2.45, 2.75) is 50.4 Å². The van der Waals surface area contributed by atoms with E-state index >= 15 is 0 Å². The van der Waals surface area contributed by atoms with Crippen LogP contribution in [0, 0.1) is 11.8 Å². The quantitative estimate of drug-likeness (QED) is 0.150. The molecule has 2 heteroatoms. The van der Waals surface area contributed by atoms with Crippen LogP contribution in [0.2, 0.25) is 0 Å². The van der Waals surface area contributed by atoms with Gasteiger partial charge in [0.25, 0.3) is 0 Å². The van der Waals surface area contributed by atoms with Gasteiger partial charge in [-0.25, -0.2) is 0 Å². The monoisotopic (exact) mass is 848 g/mol. The molecule has 3 unspecified atom stereocenters. The third-order valence-corrected chi connectivity index (χ3v) is 15.9. The molecule has 318 valence electrons. The molecule has 9 aromatic rings. The molecule has 0 saturated heterocycles. The van der Waals surface area contributed by atoms with Crippen molar-refractivity contribution >= 4 is 34.1 Å². The van der Waals surface area contributed by atoms with Gasteiger partial charge in [0.2, 0.25) is 0 Å². The summed E-state index contributed by atoms with van der Waals surface area (Å²) in [4.78, 5) is 5.25. The molecule has 0 bridgehead atoms. The molecule has 0 aromatic heterocycles. The Morgan fingerprint density at radius 3 is 1.41 bits per heavy atom. The molecule has 66 heavy (non-hydrogen) atoms. The molecular formula is C64H52N2. The molecule has 4 aliphatic carbocycles. The van der Waals surface area contributed by atoms with Crippen LogP contribution in [-0.4, -0.2) is 0 Å². The standard InChI is InChI=1S/C64H52N2/c1-63(2)56-33-16-15-30-54(56)55-39-38-51(42-57(55)63)65(49-26-11-5-12-27-49)58-34-17-24-45-40-47-36-37-48-41-46-25-18-35-59(61(46)64(47,48)60(45)58)66(50-28-13-6-14-29-50)62-52(43-20-7-3-8-21-43)31-19-32-53(62)44-22-9-4-10-23-44/h3-35,38-39,42,47-48H,36-37,40-41H2,1-2H3. The van der Waals surface area contributed by atoms with Crippen molar-refractivity contribution in [3.8, 4) is 33.4 Å². The van der Waals surface area contributed by atoms with Gasteiger partial charge in [0.15, 0.2) is 0 Å². The van der Waals surface area contributed by atoms with Crippen LogP contribution in [0.25, 0.3) is 33.4 Å². The second-order valence-corrected chi connectivity index (χ2v) is 19.5. The van der Waals surface area contributed by atoms with Gasteiger partial charge in [0.05, 0.1) is 17.1 Å². The number of para-hydroxylation sites is 3. The molecule has 0 N–H and O–H groups in total. The molecule has 0 aliphatic heterocycles. The maximum Gasteiger partial charge on any atom is 0.0618 e. The number of anilines is 6. The summed E-state index contributed by atoms with van der Waals surface area (Å²) in [5.41, 5.74) is 23.5. The molecule has 1 spiro atoms. The van der Waals surface area contributed by atoms with Gasteiger partial charge < -0.3 is 9.80 Å². The summed E-state index contributed by atoms with van der Waals surface area (Å²) in [6, 6.07) is 82.0. The third-order valence-electron chi connectivity index (χ3n) is 15.9. The van der Waals surface area contributed by atoms with Gasteiger partial charge in [0, 0.05) is 39.0 Å². The predicted octanol–water partition coefficient (Wildman–Crippen LogP) is 16.7. The van der Waals surface area contributed by atoms with Crippen LogP contribution < -0.4 is 9.80 Å². The van der Waals surface area contributed by atoms with Gasteiger partial charge in [-0.1, -0.05) is 184 Å². The molecule has 9 aromatic carbocycles. The van der Waals surface area contributed by atoms with Gasteiger partial charge in [-0.05, 0) is 142 Å². The van der Waals surface area contributed by atoms with Gasteiger partial charge in [-0.15, -0.1) is 0 Å². The molecule has 1 saturated carbocycles. The number of benzene rings is 9. The fourth-order valence-corrected chi connectivity index (χ4v) is 13.3. The lowest BCUT2D eigenvalue weighted by Gasteiger charge is -2.40. The Morgan fingerprint density at radius 2 is 0.833 bits per heavy atom. The van der Waals surface area contributed by atoms with E-state index in [1.54, 1.807) is 0 Å². The van der Waals surface area contributed by atoms with Crippen LogP contribution >= 0.6 is 0 Å². The smallest absolute Gasteiger partial charge is 0.0618 e. The van der Waals surface area contributed by atoms with Crippen molar-refractivity contribution in [3.05, 3.63) is 252 Å². The Bertz CT molecular complexity index is 3230. The van der Waals surface area contributed by atoms with E-state index in [1.807, 2.05) is 0 Å². The summed E-state index contributed by atoms with van der Waals surface area (Å²) in [5.74, 6) is 0.977. The molecule has 1 fully saturated rings. The Kier molecular flexibility index (Phi) is 8.90. The molecular weight excluding hydrogens is 797 g/mol. The van der Waals surface area contributed by atoms with E-state index in [2.05, 4.69) is 242 Å². The third kappa shape index (κ3) is 5.67. The largest absolute Gasteiger partial charge is 0.310 e. The van der Waals surface area contributed by atoms with Gasteiger partial charge >= 0.3 is 0 Å². The van der Waals surface area contributed by atoms with E-state index in [1.165, 1.54) is 114 Å². The normalized spacial score (nSPS) is 19.0. The van der Waals surface area contributed by atoms with Crippen molar-refractivity contribution in [3.63, 3.8) is 0 Å². The fourth-order valence-electron chi connectivity index (χ4n) is 13.3. The maximum atomic E-state index is 2.64. The second kappa shape index (κ2) is 15.1. The highest BCUT2D eigenvalue weighted by Gasteiger charge is 2.62. The number of hydrogen-bond donors (Lipinski definition) is 0. The van der Waals surface area contributed by atoms with Crippen molar-refractivity contribution < 1.29 is 0 Å². The zero-order chi connectivity index (χ0) is 44.0. The molecule has 2 nitrogen and oxygen atoms in total. The summed E-state index contributed by atoms with van der Waals surface area (Å²) >= 11 is 0. The van der Waals surface area contributed by atoms with Gasteiger partial charge in [-0.3, -0.25) is 0 Å². The number of rotatable bonds is 8. The lowest BCUT2D eigenvalue weighted by atomic mass is 9.68. The minimum absolute atomic E-state index is 0.113. The first-order chi connectivity index (χ1) is 32.5. The SMILES string of the molecule is CC1(C)c2ccccc2-c2ccc(N(c3ccccc3)c3cccc4c3C35c6c(cccc6N(c6ccccc6)c6c(-c7ccccc7)cccc6-c6ccccc6)CC3CCC5C4)cc21. The summed E-state index contributed by atoms with van der Waals surface area (Å²) in [6.07, 6.45) is 4.62. The average molecular weight is 849 g/mol. The van der Waals surface area contributed by atoms with E-state index in [4.69, 9.17) is 0 Å². The predicted molar refractivity (Wildman–Crippen MR) is 275 cm³/mol. The Hall–Kier alpha value is -7.42. The van der Waals surface area contributed by atoms with E-state index in [9.17, 15) is 0 Å². The lowest BCUT2D eigenvalue weighted by Crippen LogP contribution is -2.34. The zero-order valence-electron chi connectivity index (χ0n) is 37.7. The zero-order valence-corrected chi connectivity index (χ0v) is 37.7. The minimum atomic E-state index is -0.182. The van der Waals surface area contributed by atoms with Crippen molar-refractivity contribution in [2.24, 2.45) is 11.8 Å². The highest BCUT2D eigenvalue weighted by Crippen LogP contribution is 2.69. The van der Waals surface area contributed by atoms with Crippen LogP contribution in [0.1, 0.15) is 60.1 Å². The molecule has 3 atom stereocenters.